The summed E-state index contributed by atoms with van der Waals surface area (Å²) in [6.07, 6.45) is 0.891. The van der Waals surface area contributed by atoms with Crippen molar-refractivity contribution in [3.8, 4) is 0 Å². The molecule has 11 heavy (non-hydrogen) atoms. The van der Waals surface area contributed by atoms with Gasteiger partial charge in [-0.25, -0.2) is 0 Å². The fourth-order valence-corrected chi connectivity index (χ4v) is 0.789. The molecule has 2 nitrogen and oxygen atoms in total. The number of amides is 1. The maximum atomic E-state index is 11.3. The van der Waals surface area contributed by atoms with Crippen LogP contribution in [-0.2, 0) is 4.79 Å². The van der Waals surface area contributed by atoms with Crippen LogP contribution in [0.5, 0.6) is 0 Å². The van der Waals surface area contributed by atoms with E-state index in [-0.39, 0.29) is 15.4 Å². The highest BCUT2D eigenvalue weighted by molar-refractivity contribution is 14.1. The van der Waals surface area contributed by atoms with Crippen LogP contribution in [0.4, 0.5) is 0 Å². The van der Waals surface area contributed by atoms with Crippen LogP contribution in [0.15, 0.2) is 0 Å². The van der Waals surface area contributed by atoms with Gasteiger partial charge in [0.1, 0.15) is 0 Å². The van der Waals surface area contributed by atoms with E-state index in [1.807, 2.05) is 27.7 Å². The maximum Gasteiger partial charge on any atom is 0.233 e. The molecule has 0 fully saturated rings. The Morgan fingerprint density at radius 2 is 2.00 bits per heavy atom. The molecule has 0 bridgehead atoms. The van der Waals surface area contributed by atoms with Gasteiger partial charge in [0.2, 0.25) is 5.91 Å². The minimum Gasteiger partial charge on any atom is -0.351 e. The third-order valence-electron chi connectivity index (χ3n) is 1.14. The minimum atomic E-state index is -0.102. The standard InChI is InChI=1S/C8H16INO/c1-5-6(9)7(11)10-8(2,3)4/h6H,5H2,1-4H3,(H,10,11). The van der Waals surface area contributed by atoms with Gasteiger partial charge < -0.3 is 5.32 Å². The summed E-state index contributed by atoms with van der Waals surface area (Å²) in [5.74, 6) is 0.139. The number of rotatable bonds is 2. The molecule has 0 spiro atoms. The van der Waals surface area contributed by atoms with E-state index in [1.54, 1.807) is 0 Å². The van der Waals surface area contributed by atoms with Crippen LogP contribution in [0.2, 0.25) is 0 Å². The van der Waals surface area contributed by atoms with Crippen LogP contribution in [0.3, 0.4) is 0 Å². The summed E-state index contributed by atoms with van der Waals surface area (Å²) in [5.41, 5.74) is -0.102. The van der Waals surface area contributed by atoms with E-state index in [1.165, 1.54) is 0 Å². The van der Waals surface area contributed by atoms with Crippen LogP contribution in [-0.4, -0.2) is 15.4 Å². The lowest BCUT2D eigenvalue weighted by atomic mass is 10.1. The lowest BCUT2D eigenvalue weighted by Gasteiger charge is -2.22. The van der Waals surface area contributed by atoms with Gasteiger partial charge in [-0.05, 0) is 27.2 Å². The van der Waals surface area contributed by atoms with E-state index in [9.17, 15) is 4.79 Å². The molecule has 0 saturated carbocycles. The van der Waals surface area contributed by atoms with E-state index in [2.05, 4.69) is 27.9 Å². The third kappa shape index (κ3) is 5.47. The molecule has 0 saturated heterocycles. The van der Waals surface area contributed by atoms with Gasteiger partial charge in [-0.1, -0.05) is 29.5 Å². The molecule has 3 heteroatoms. The Balaban J connectivity index is 3.88. The molecular weight excluding hydrogens is 253 g/mol. The molecule has 0 rings (SSSR count). The minimum absolute atomic E-state index is 0.102. The van der Waals surface area contributed by atoms with Crippen molar-refractivity contribution in [2.24, 2.45) is 0 Å². The van der Waals surface area contributed by atoms with Crippen molar-refractivity contribution in [1.82, 2.24) is 5.32 Å². The predicted molar refractivity (Wildman–Crippen MR) is 56.0 cm³/mol. The molecule has 0 aromatic rings. The quantitative estimate of drug-likeness (QED) is 0.603. The molecular formula is C8H16INO. The summed E-state index contributed by atoms with van der Waals surface area (Å²) in [7, 11) is 0. The molecule has 66 valence electrons. The summed E-state index contributed by atoms with van der Waals surface area (Å²) < 4.78 is 0.104. The Morgan fingerprint density at radius 1 is 1.55 bits per heavy atom. The van der Waals surface area contributed by atoms with Crippen LogP contribution >= 0.6 is 22.6 Å². The van der Waals surface area contributed by atoms with Crippen molar-refractivity contribution in [2.45, 2.75) is 43.6 Å². The normalized spacial score (nSPS) is 14.3. The average Bonchev–Trinajstić information content (AvgIpc) is 1.82. The number of carbonyl (C=O) groups excluding carboxylic acids is 1. The van der Waals surface area contributed by atoms with Crippen molar-refractivity contribution in [3.63, 3.8) is 0 Å². The Labute approximate surface area is 82.3 Å². The summed E-state index contributed by atoms with van der Waals surface area (Å²) >= 11 is 2.16. The van der Waals surface area contributed by atoms with Crippen molar-refractivity contribution < 1.29 is 4.79 Å². The van der Waals surface area contributed by atoms with Gasteiger partial charge in [-0.3, -0.25) is 4.79 Å². The van der Waals surface area contributed by atoms with Crippen LogP contribution < -0.4 is 5.32 Å². The molecule has 0 aromatic heterocycles. The predicted octanol–water partition coefficient (Wildman–Crippen LogP) is 2.11. The van der Waals surface area contributed by atoms with Gasteiger partial charge in [0, 0.05) is 5.54 Å². The molecule has 0 aliphatic heterocycles. The summed E-state index contributed by atoms with van der Waals surface area (Å²) in [6, 6.07) is 0. The monoisotopic (exact) mass is 269 g/mol. The van der Waals surface area contributed by atoms with Crippen LogP contribution in [0.25, 0.3) is 0 Å². The van der Waals surface area contributed by atoms with Gasteiger partial charge in [-0.2, -0.15) is 0 Å². The Hall–Kier alpha value is 0.200. The Morgan fingerprint density at radius 3 is 2.27 bits per heavy atom. The molecule has 1 amide bonds. The summed E-state index contributed by atoms with van der Waals surface area (Å²) in [5, 5.41) is 2.92. The second kappa shape index (κ2) is 4.28. The Kier molecular flexibility index (Phi) is 4.36. The second-order valence-electron chi connectivity index (χ2n) is 3.62. The fourth-order valence-electron chi connectivity index (χ4n) is 0.633. The van der Waals surface area contributed by atoms with Crippen molar-refractivity contribution in [2.75, 3.05) is 0 Å². The molecule has 0 radical (unpaired) electrons. The SMILES string of the molecule is CCC(I)C(=O)NC(C)(C)C. The molecule has 1 N–H and O–H groups in total. The lowest BCUT2D eigenvalue weighted by molar-refractivity contribution is -0.121. The molecule has 0 aliphatic rings. The number of alkyl halides is 1. The number of hydrogen-bond acceptors (Lipinski definition) is 1. The maximum absolute atomic E-state index is 11.3. The summed E-state index contributed by atoms with van der Waals surface area (Å²) in [4.78, 5) is 11.3. The zero-order valence-corrected chi connectivity index (χ0v) is 9.73. The third-order valence-corrected chi connectivity index (χ3v) is 2.59. The van der Waals surface area contributed by atoms with Gasteiger partial charge in [0.05, 0.1) is 3.92 Å². The van der Waals surface area contributed by atoms with Crippen molar-refractivity contribution >= 4 is 28.5 Å². The molecule has 0 aliphatic carbocycles. The van der Waals surface area contributed by atoms with E-state index < -0.39 is 0 Å². The lowest BCUT2D eigenvalue weighted by Crippen LogP contribution is -2.44. The number of carbonyl (C=O) groups is 1. The zero-order chi connectivity index (χ0) is 9.07. The molecule has 0 aromatic carbocycles. The van der Waals surface area contributed by atoms with E-state index >= 15 is 0 Å². The van der Waals surface area contributed by atoms with E-state index in [0.29, 0.717) is 0 Å². The first-order valence-corrected chi connectivity index (χ1v) is 5.07. The highest BCUT2D eigenvalue weighted by Gasteiger charge is 2.18. The van der Waals surface area contributed by atoms with E-state index in [4.69, 9.17) is 0 Å². The second-order valence-corrected chi connectivity index (χ2v) is 5.12. The van der Waals surface area contributed by atoms with Gasteiger partial charge in [0.25, 0.3) is 0 Å². The molecule has 1 unspecified atom stereocenters. The largest absolute Gasteiger partial charge is 0.351 e. The highest BCUT2D eigenvalue weighted by atomic mass is 127. The molecule has 1 atom stereocenters. The number of hydrogen-bond donors (Lipinski definition) is 1. The van der Waals surface area contributed by atoms with Gasteiger partial charge in [0.15, 0.2) is 0 Å². The first-order chi connectivity index (χ1) is 4.87. The average molecular weight is 269 g/mol. The first-order valence-electron chi connectivity index (χ1n) is 3.83. The first kappa shape index (κ1) is 11.2. The smallest absolute Gasteiger partial charge is 0.233 e. The van der Waals surface area contributed by atoms with Crippen molar-refractivity contribution in [1.29, 1.82) is 0 Å². The van der Waals surface area contributed by atoms with E-state index in [0.717, 1.165) is 6.42 Å². The van der Waals surface area contributed by atoms with Crippen LogP contribution in [0, 0.1) is 0 Å². The zero-order valence-electron chi connectivity index (χ0n) is 7.57. The summed E-state index contributed by atoms with van der Waals surface area (Å²) in [6.45, 7) is 7.98. The van der Waals surface area contributed by atoms with Crippen molar-refractivity contribution in [3.05, 3.63) is 0 Å². The van der Waals surface area contributed by atoms with Crippen LogP contribution in [0.1, 0.15) is 34.1 Å². The van der Waals surface area contributed by atoms with Gasteiger partial charge >= 0.3 is 0 Å². The molecule has 0 heterocycles. The Bertz CT molecular complexity index is 140. The number of halogens is 1. The van der Waals surface area contributed by atoms with Gasteiger partial charge in [-0.15, -0.1) is 0 Å². The highest BCUT2D eigenvalue weighted by Crippen LogP contribution is 2.07. The number of nitrogens with one attached hydrogen (secondary N) is 1. The topological polar surface area (TPSA) is 29.1 Å². The fraction of sp³-hybridized carbons (Fsp3) is 0.875.